The van der Waals surface area contributed by atoms with Crippen LogP contribution < -0.4 is 5.32 Å². The maximum Gasteiger partial charge on any atom is 0.0426 e. The fraction of sp³-hybridized carbons (Fsp3) is 0.389. The molecular formula is C18H24N2. The van der Waals surface area contributed by atoms with Crippen molar-refractivity contribution in [3.05, 3.63) is 64.5 Å². The molecule has 1 aromatic heterocycles. The van der Waals surface area contributed by atoms with Crippen molar-refractivity contribution in [2.45, 2.75) is 46.7 Å². The SMILES string of the molecule is Cc1cc(C)c(C(C)N[C@@H](C)c2ccccc2)c(C)n1. The van der Waals surface area contributed by atoms with Crippen LogP contribution in [-0.4, -0.2) is 4.98 Å². The van der Waals surface area contributed by atoms with Crippen LogP contribution in [0.4, 0.5) is 0 Å². The largest absolute Gasteiger partial charge is 0.304 e. The quantitative estimate of drug-likeness (QED) is 0.888. The number of benzene rings is 1. The van der Waals surface area contributed by atoms with Crippen molar-refractivity contribution in [1.29, 1.82) is 0 Å². The summed E-state index contributed by atoms with van der Waals surface area (Å²) in [5.41, 5.74) is 6.16. The molecule has 1 N–H and O–H groups in total. The Labute approximate surface area is 122 Å². The third-order valence-electron chi connectivity index (χ3n) is 3.82. The zero-order valence-electron chi connectivity index (χ0n) is 13.1. The molecule has 0 bridgehead atoms. The van der Waals surface area contributed by atoms with Gasteiger partial charge in [0.25, 0.3) is 0 Å². The summed E-state index contributed by atoms with van der Waals surface area (Å²) in [7, 11) is 0. The number of hydrogen-bond donors (Lipinski definition) is 1. The molecule has 0 aliphatic heterocycles. The zero-order chi connectivity index (χ0) is 14.7. The van der Waals surface area contributed by atoms with E-state index in [2.05, 4.69) is 81.3 Å². The number of rotatable bonds is 4. The molecule has 2 nitrogen and oxygen atoms in total. The first-order valence-corrected chi connectivity index (χ1v) is 7.24. The van der Waals surface area contributed by atoms with Gasteiger partial charge >= 0.3 is 0 Å². The molecule has 20 heavy (non-hydrogen) atoms. The van der Waals surface area contributed by atoms with Gasteiger partial charge in [-0.3, -0.25) is 4.98 Å². The Kier molecular flexibility index (Phi) is 4.56. The van der Waals surface area contributed by atoms with E-state index in [9.17, 15) is 0 Å². The van der Waals surface area contributed by atoms with Gasteiger partial charge < -0.3 is 5.32 Å². The highest BCUT2D eigenvalue weighted by atomic mass is 14.9. The molecular weight excluding hydrogens is 244 g/mol. The number of hydrogen-bond acceptors (Lipinski definition) is 2. The van der Waals surface area contributed by atoms with Gasteiger partial charge in [0, 0.05) is 23.5 Å². The molecule has 0 saturated carbocycles. The third-order valence-corrected chi connectivity index (χ3v) is 3.82. The molecule has 1 unspecified atom stereocenters. The van der Waals surface area contributed by atoms with E-state index in [1.807, 2.05) is 0 Å². The Morgan fingerprint density at radius 2 is 1.60 bits per heavy atom. The zero-order valence-corrected chi connectivity index (χ0v) is 13.1. The lowest BCUT2D eigenvalue weighted by Crippen LogP contribution is -2.24. The molecule has 0 spiro atoms. The van der Waals surface area contributed by atoms with E-state index in [0.29, 0.717) is 12.1 Å². The molecule has 2 aromatic rings. The Hall–Kier alpha value is -1.67. The monoisotopic (exact) mass is 268 g/mol. The lowest BCUT2D eigenvalue weighted by molar-refractivity contribution is 0.490. The number of nitrogens with one attached hydrogen (secondary N) is 1. The van der Waals surface area contributed by atoms with E-state index >= 15 is 0 Å². The van der Waals surface area contributed by atoms with Crippen LogP contribution in [0, 0.1) is 20.8 Å². The molecule has 0 aliphatic carbocycles. The maximum absolute atomic E-state index is 4.60. The van der Waals surface area contributed by atoms with Crippen LogP contribution in [0.15, 0.2) is 36.4 Å². The molecule has 106 valence electrons. The molecule has 2 atom stereocenters. The van der Waals surface area contributed by atoms with E-state index < -0.39 is 0 Å². The predicted octanol–water partition coefficient (Wildman–Crippen LogP) is 4.42. The van der Waals surface area contributed by atoms with Crippen LogP contribution in [0.5, 0.6) is 0 Å². The van der Waals surface area contributed by atoms with Crippen molar-refractivity contribution in [1.82, 2.24) is 10.3 Å². The minimum Gasteiger partial charge on any atom is -0.304 e. The lowest BCUT2D eigenvalue weighted by Gasteiger charge is -2.23. The number of aryl methyl sites for hydroxylation is 3. The van der Waals surface area contributed by atoms with Crippen LogP contribution in [0.25, 0.3) is 0 Å². The van der Waals surface area contributed by atoms with Gasteiger partial charge in [0.1, 0.15) is 0 Å². The van der Waals surface area contributed by atoms with E-state index in [0.717, 1.165) is 11.4 Å². The molecule has 0 amide bonds. The van der Waals surface area contributed by atoms with Gasteiger partial charge in [-0.15, -0.1) is 0 Å². The second kappa shape index (κ2) is 6.19. The summed E-state index contributed by atoms with van der Waals surface area (Å²) in [6, 6.07) is 13.3. The van der Waals surface area contributed by atoms with Crippen molar-refractivity contribution < 1.29 is 0 Å². The average molecular weight is 268 g/mol. The summed E-state index contributed by atoms with van der Waals surface area (Å²) in [6.45, 7) is 10.7. The van der Waals surface area contributed by atoms with Gasteiger partial charge in [0.05, 0.1) is 0 Å². The molecule has 2 rings (SSSR count). The average Bonchev–Trinajstić information content (AvgIpc) is 2.38. The molecule has 0 saturated heterocycles. The number of nitrogens with zero attached hydrogens (tertiary/aromatic N) is 1. The summed E-state index contributed by atoms with van der Waals surface area (Å²) in [5, 5.41) is 3.67. The van der Waals surface area contributed by atoms with Crippen molar-refractivity contribution in [2.24, 2.45) is 0 Å². The van der Waals surface area contributed by atoms with Crippen molar-refractivity contribution in [3.8, 4) is 0 Å². The van der Waals surface area contributed by atoms with Crippen LogP contribution in [-0.2, 0) is 0 Å². The van der Waals surface area contributed by atoms with E-state index in [1.54, 1.807) is 0 Å². The minimum absolute atomic E-state index is 0.290. The molecule has 0 radical (unpaired) electrons. The summed E-state index contributed by atoms with van der Waals surface area (Å²) in [6.07, 6.45) is 0. The molecule has 1 heterocycles. The second-order valence-corrected chi connectivity index (χ2v) is 5.60. The highest BCUT2D eigenvalue weighted by molar-refractivity contribution is 5.33. The maximum atomic E-state index is 4.60. The van der Waals surface area contributed by atoms with E-state index in [1.165, 1.54) is 16.7 Å². The van der Waals surface area contributed by atoms with Crippen LogP contribution in [0.2, 0.25) is 0 Å². The van der Waals surface area contributed by atoms with Crippen molar-refractivity contribution in [3.63, 3.8) is 0 Å². The first kappa shape index (κ1) is 14.7. The van der Waals surface area contributed by atoms with E-state index in [4.69, 9.17) is 0 Å². The van der Waals surface area contributed by atoms with Crippen LogP contribution in [0.3, 0.4) is 0 Å². The smallest absolute Gasteiger partial charge is 0.0426 e. The predicted molar refractivity (Wildman–Crippen MR) is 84.9 cm³/mol. The second-order valence-electron chi connectivity index (χ2n) is 5.60. The summed E-state index contributed by atoms with van der Waals surface area (Å²) in [4.78, 5) is 4.60. The van der Waals surface area contributed by atoms with Gasteiger partial charge in [-0.1, -0.05) is 30.3 Å². The normalized spacial score (nSPS) is 14.1. The third kappa shape index (κ3) is 3.26. The lowest BCUT2D eigenvalue weighted by atomic mass is 9.98. The van der Waals surface area contributed by atoms with Gasteiger partial charge in [0.2, 0.25) is 0 Å². The highest BCUT2D eigenvalue weighted by Crippen LogP contribution is 2.24. The highest BCUT2D eigenvalue weighted by Gasteiger charge is 2.15. The summed E-state index contributed by atoms with van der Waals surface area (Å²) in [5.74, 6) is 0. The van der Waals surface area contributed by atoms with Crippen LogP contribution >= 0.6 is 0 Å². The Morgan fingerprint density at radius 1 is 0.950 bits per heavy atom. The van der Waals surface area contributed by atoms with Gasteiger partial charge in [-0.2, -0.15) is 0 Å². The number of aromatic nitrogens is 1. The molecule has 0 fully saturated rings. The van der Waals surface area contributed by atoms with Gasteiger partial charge in [-0.25, -0.2) is 0 Å². The van der Waals surface area contributed by atoms with E-state index in [-0.39, 0.29) is 0 Å². The fourth-order valence-corrected chi connectivity index (χ4v) is 2.98. The van der Waals surface area contributed by atoms with Gasteiger partial charge in [0.15, 0.2) is 0 Å². The standard InChI is InChI=1S/C18H24N2/c1-12-11-13(2)19-15(4)18(12)16(5)20-14(3)17-9-7-6-8-10-17/h6-11,14,16,20H,1-5H3/t14-,16?/m0/s1. The minimum atomic E-state index is 0.290. The Balaban J connectivity index is 2.19. The first-order valence-electron chi connectivity index (χ1n) is 7.24. The molecule has 1 aromatic carbocycles. The summed E-state index contributed by atoms with van der Waals surface area (Å²) < 4.78 is 0. The van der Waals surface area contributed by atoms with Gasteiger partial charge in [-0.05, 0) is 57.4 Å². The first-order chi connectivity index (χ1) is 9.49. The van der Waals surface area contributed by atoms with Crippen molar-refractivity contribution in [2.75, 3.05) is 0 Å². The van der Waals surface area contributed by atoms with Crippen molar-refractivity contribution >= 4 is 0 Å². The molecule has 0 aliphatic rings. The topological polar surface area (TPSA) is 24.9 Å². The summed E-state index contributed by atoms with van der Waals surface area (Å²) >= 11 is 0. The van der Waals surface area contributed by atoms with Crippen LogP contribution in [0.1, 0.15) is 54.0 Å². The Morgan fingerprint density at radius 3 is 2.20 bits per heavy atom. The molecule has 2 heteroatoms. The Bertz CT molecular complexity index is 552. The fourth-order valence-electron chi connectivity index (χ4n) is 2.98. The number of pyridine rings is 1.